The minimum absolute atomic E-state index is 0.151. The third-order valence-corrected chi connectivity index (χ3v) is 6.14. The van der Waals surface area contributed by atoms with E-state index in [1.165, 1.54) is 51.4 Å². The van der Waals surface area contributed by atoms with E-state index in [2.05, 4.69) is 20.8 Å². The molecule has 36 heavy (non-hydrogen) atoms. The zero-order chi connectivity index (χ0) is 26.0. The van der Waals surface area contributed by atoms with E-state index in [1.54, 1.807) is 36.4 Å². The van der Waals surface area contributed by atoms with Gasteiger partial charge >= 0.3 is 11.9 Å². The quantitative estimate of drug-likeness (QED) is 0.117. The van der Waals surface area contributed by atoms with Crippen LogP contribution >= 0.6 is 0 Å². The predicted octanol–water partition coefficient (Wildman–Crippen LogP) is 8.69. The number of benzene rings is 2. The molecule has 0 radical (unpaired) electrons. The lowest BCUT2D eigenvalue weighted by molar-refractivity contribution is -0.134. The van der Waals surface area contributed by atoms with E-state index in [0.717, 1.165) is 31.4 Å². The molecule has 0 saturated carbocycles. The van der Waals surface area contributed by atoms with Gasteiger partial charge in [0.15, 0.2) is 0 Å². The summed E-state index contributed by atoms with van der Waals surface area (Å²) in [5.41, 5.74) is 0.391. The minimum atomic E-state index is -0.464. The Hall–Kier alpha value is -2.82. The molecular formula is C31H44O5. The second-order valence-corrected chi connectivity index (χ2v) is 9.51. The van der Waals surface area contributed by atoms with Crippen LogP contribution in [-0.2, 0) is 4.79 Å². The number of unbranched alkanes of at least 4 members (excludes halogenated alkanes) is 9. The molecule has 1 atom stereocenters. The average Bonchev–Trinajstić information content (AvgIpc) is 2.87. The topological polar surface area (TPSA) is 61.8 Å². The molecule has 2 aromatic carbocycles. The fraction of sp³-hybridized carbons (Fsp3) is 0.548. The van der Waals surface area contributed by atoms with Crippen LogP contribution in [0.25, 0.3) is 0 Å². The van der Waals surface area contributed by atoms with Gasteiger partial charge in [-0.3, -0.25) is 4.79 Å². The van der Waals surface area contributed by atoms with Gasteiger partial charge < -0.3 is 14.2 Å². The summed E-state index contributed by atoms with van der Waals surface area (Å²) in [6.45, 7) is 6.48. The van der Waals surface area contributed by atoms with E-state index >= 15 is 0 Å². The highest BCUT2D eigenvalue weighted by Crippen LogP contribution is 2.22. The number of carbonyl (C=O) groups is 2. The van der Waals surface area contributed by atoms with Crippen LogP contribution in [0.4, 0.5) is 0 Å². The third-order valence-electron chi connectivity index (χ3n) is 6.14. The summed E-state index contributed by atoms with van der Waals surface area (Å²) in [6, 6.07) is 13.5. The van der Waals surface area contributed by atoms with E-state index in [-0.39, 0.29) is 12.1 Å². The maximum absolute atomic E-state index is 12.5. The smallest absolute Gasteiger partial charge is 0.343 e. The fourth-order valence-electron chi connectivity index (χ4n) is 3.97. The van der Waals surface area contributed by atoms with E-state index in [4.69, 9.17) is 14.2 Å². The summed E-state index contributed by atoms with van der Waals surface area (Å²) >= 11 is 0. The Morgan fingerprint density at radius 2 is 1.14 bits per heavy atom. The molecule has 0 aliphatic heterocycles. The predicted molar refractivity (Wildman–Crippen MR) is 145 cm³/mol. The van der Waals surface area contributed by atoms with Crippen LogP contribution in [0.5, 0.6) is 17.2 Å². The van der Waals surface area contributed by atoms with Gasteiger partial charge in [-0.2, -0.15) is 0 Å². The van der Waals surface area contributed by atoms with Gasteiger partial charge in [0.25, 0.3) is 0 Å². The Morgan fingerprint density at radius 1 is 0.639 bits per heavy atom. The first kappa shape index (κ1) is 29.4. The number of rotatable bonds is 18. The van der Waals surface area contributed by atoms with Crippen LogP contribution in [0.3, 0.4) is 0 Å². The van der Waals surface area contributed by atoms with Crippen molar-refractivity contribution in [3.8, 4) is 17.2 Å². The maximum Gasteiger partial charge on any atom is 0.343 e. The van der Waals surface area contributed by atoms with E-state index in [1.807, 2.05) is 12.1 Å². The van der Waals surface area contributed by atoms with Crippen molar-refractivity contribution < 1.29 is 23.8 Å². The molecular weight excluding hydrogens is 452 g/mol. The molecule has 5 heteroatoms. The Balaban J connectivity index is 1.70. The van der Waals surface area contributed by atoms with Gasteiger partial charge in [-0.1, -0.05) is 71.6 Å². The van der Waals surface area contributed by atoms with Crippen LogP contribution < -0.4 is 14.2 Å². The Bertz CT molecular complexity index is 873. The first-order valence-corrected chi connectivity index (χ1v) is 13.8. The van der Waals surface area contributed by atoms with Crippen LogP contribution in [-0.4, -0.2) is 18.0 Å². The average molecular weight is 497 g/mol. The van der Waals surface area contributed by atoms with Crippen molar-refractivity contribution in [3.05, 3.63) is 54.1 Å². The van der Waals surface area contributed by atoms with Crippen LogP contribution in [0.15, 0.2) is 48.5 Å². The molecule has 0 spiro atoms. The second kappa shape index (κ2) is 17.6. The van der Waals surface area contributed by atoms with Crippen molar-refractivity contribution in [1.82, 2.24) is 0 Å². The molecule has 0 amide bonds. The van der Waals surface area contributed by atoms with Gasteiger partial charge in [0.1, 0.15) is 17.2 Å². The molecule has 2 aromatic rings. The molecule has 5 nitrogen and oxygen atoms in total. The number of hydrogen-bond acceptors (Lipinski definition) is 5. The van der Waals surface area contributed by atoms with Crippen molar-refractivity contribution in [3.63, 3.8) is 0 Å². The summed E-state index contributed by atoms with van der Waals surface area (Å²) < 4.78 is 16.8. The summed E-state index contributed by atoms with van der Waals surface area (Å²) in [4.78, 5) is 24.6. The molecule has 0 bridgehead atoms. The van der Waals surface area contributed by atoms with Crippen molar-refractivity contribution in [2.75, 3.05) is 0 Å². The fourth-order valence-corrected chi connectivity index (χ4v) is 3.97. The monoisotopic (exact) mass is 496 g/mol. The summed E-state index contributed by atoms with van der Waals surface area (Å²) in [7, 11) is 0. The molecule has 2 rings (SSSR count). The normalized spacial score (nSPS) is 11.6. The molecule has 1 unspecified atom stereocenters. The molecule has 0 aromatic heterocycles. The molecule has 0 aliphatic carbocycles. The zero-order valence-electron chi connectivity index (χ0n) is 22.4. The van der Waals surface area contributed by atoms with E-state index < -0.39 is 5.97 Å². The first-order valence-electron chi connectivity index (χ1n) is 13.8. The van der Waals surface area contributed by atoms with Gasteiger partial charge in [0.05, 0.1) is 11.7 Å². The highest BCUT2D eigenvalue weighted by molar-refractivity contribution is 5.91. The van der Waals surface area contributed by atoms with Crippen molar-refractivity contribution in [2.24, 2.45) is 0 Å². The van der Waals surface area contributed by atoms with Crippen molar-refractivity contribution in [1.29, 1.82) is 0 Å². The number of carbonyl (C=O) groups excluding carboxylic acids is 2. The zero-order valence-corrected chi connectivity index (χ0v) is 22.4. The van der Waals surface area contributed by atoms with Gasteiger partial charge in [0, 0.05) is 6.42 Å². The number of ether oxygens (including phenoxy) is 3. The van der Waals surface area contributed by atoms with Gasteiger partial charge in [-0.05, 0) is 74.7 Å². The molecule has 0 fully saturated rings. The highest BCUT2D eigenvalue weighted by atomic mass is 16.5. The Morgan fingerprint density at radius 3 is 1.78 bits per heavy atom. The van der Waals surface area contributed by atoms with Gasteiger partial charge in [-0.25, -0.2) is 4.79 Å². The second-order valence-electron chi connectivity index (χ2n) is 9.51. The van der Waals surface area contributed by atoms with E-state index in [9.17, 15) is 9.59 Å². The standard InChI is InChI=1S/C31H44O5/c1-4-6-8-9-10-11-12-14-16-30(32)35-28-19-17-26(18-20-28)31(33)36-29-23-21-27(22-24-29)34-25(3)15-13-7-5-2/h17-25H,4-16H2,1-3H3. The molecule has 0 heterocycles. The van der Waals surface area contributed by atoms with Gasteiger partial charge in [0.2, 0.25) is 0 Å². The van der Waals surface area contributed by atoms with Crippen LogP contribution in [0.2, 0.25) is 0 Å². The highest BCUT2D eigenvalue weighted by Gasteiger charge is 2.11. The first-order chi connectivity index (χ1) is 17.5. The lowest BCUT2D eigenvalue weighted by atomic mass is 10.1. The summed E-state index contributed by atoms with van der Waals surface area (Å²) in [6.07, 6.45) is 14.6. The minimum Gasteiger partial charge on any atom is -0.491 e. The molecule has 0 N–H and O–H groups in total. The largest absolute Gasteiger partial charge is 0.491 e. The maximum atomic E-state index is 12.5. The van der Waals surface area contributed by atoms with E-state index in [0.29, 0.717) is 23.5 Å². The molecule has 198 valence electrons. The third kappa shape index (κ3) is 12.2. The van der Waals surface area contributed by atoms with Crippen LogP contribution in [0.1, 0.15) is 115 Å². The lowest BCUT2D eigenvalue weighted by Crippen LogP contribution is -2.12. The van der Waals surface area contributed by atoms with Crippen molar-refractivity contribution in [2.45, 2.75) is 110 Å². The van der Waals surface area contributed by atoms with Gasteiger partial charge in [-0.15, -0.1) is 0 Å². The molecule has 0 aliphatic rings. The van der Waals surface area contributed by atoms with Crippen molar-refractivity contribution >= 4 is 11.9 Å². The number of esters is 2. The van der Waals surface area contributed by atoms with Crippen LogP contribution in [0, 0.1) is 0 Å². The lowest BCUT2D eigenvalue weighted by Gasteiger charge is -2.14. The number of hydrogen-bond donors (Lipinski definition) is 0. The summed E-state index contributed by atoms with van der Waals surface area (Å²) in [5, 5.41) is 0. The Labute approximate surface area is 217 Å². The molecule has 0 saturated heterocycles. The Kier molecular flexibility index (Phi) is 14.4. The summed E-state index contributed by atoms with van der Waals surface area (Å²) in [5.74, 6) is 0.946. The SMILES string of the molecule is CCCCCCCCCCC(=O)Oc1ccc(C(=O)Oc2ccc(OC(C)CCCCC)cc2)cc1.